The standard InChI is InChI=1S/C22H26N2O4S/c1-16-9-5-6-10-17(16)13-24(4)20(25)14-28-22(27)18-11-7-8-12-19(18)29-15-21(26)23(2)3/h5-12H,13-15H2,1-4H3. The van der Waals surface area contributed by atoms with Gasteiger partial charge in [-0.1, -0.05) is 36.4 Å². The second-order valence-corrected chi connectivity index (χ2v) is 7.84. The Balaban J connectivity index is 1.94. The zero-order valence-electron chi connectivity index (χ0n) is 17.2. The maximum Gasteiger partial charge on any atom is 0.339 e. The predicted molar refractivity (Wildman–Crippen MR) is 114 cm³/mol. The second kappa shape index (κ2) is 10.7. The van der Waals surface area contributed by atoms with Gasteiger partial charge in [-0.2, -0.15) is 0 Å². The van der Waals surface area contributed by atoms with Crippen LogP contribution < -0.4 is 0 Å². The van der Waals surface area contributed by atoms with E-state index in [1.54, 1.807) is 45.4 Å². The van der Waals surface area contributed by atoms with E-state index in [0.717, 1.165) is 11.1 Å². The number of aryl methyl sites for hydroxylation is 1. The molecule has 2 aromatic rings. The van der Waals surface area contributed by atoms with E-state index >= 15 is 0 Å². The topological polar surface area (TPSA) is 66.9 Å². The molecule has 0 aliphatic heterocycles. The molecule has 0 aliphatic rings. The highest BCUT2D eigenvalue weighted by atomic mass is 32.2. The first-order chi connectivity index (χ1) is 13.8. The third-order valence-corrected chi connectivity index (χ3v) is 5.44. The van der Waals surface area contributed by atoms with Crippen LogP contribution in [-0.2, 0) is 20.9 Å². The van der Waals surface area contributed by atoms with E-state index in [1.165, 1.54) is 21.6 Å². The van der Waals surface area contributed by atoms with Crippen LogP contribution in [0.1, 0.15) is 21.5 Å². The summed E-state index contributed by atoms with van der Waals surface area (Å²) in [6, 6.07) is 14.7. The Morgan fingerprint density at radius 3 is 2.28 bits per heavy atom. The average Bonchev–Trinajstić information content (AvgIpc) is 2.71. The van der Waals surface area contributed by atoms with Gasteiger partial charge in [0.25, 0.3) is 5.91 Å². The molecule has 0 fully saturated rings. The van der Waals surface area contributed by atoms with Crippen molar-refractivity contribution in [1.29, 1.82) is 0 Å². The number of nitrogens with zero attached hydrogens (tertiary/aromatic N) is 2. The van der Waals surface area contributed by atoms with Crippen molar-refractivity contribution in [3.8, 4) is 0 Å². The third-order valence-electron chi connectivity index (χ3n) is 4.38. The summed E-state index contributed by atoms with van der Waals surface area (Å²) in [4.78, 5) is 40.3. The number of hydrogen-bond acceptors (Lipinski definition) is 5. The van der Waals surface area contributed by atoms with Crippen LogP contribution in [-0.4, -0.2) is 61.1 Å². The summed E-state index contributed by atoms with van der Waals surface area (Å²) in [5.74, 6) is -0.696. The molecule has 2 amide bonds. The Morgan fingerprint density at radius 1 is 0.931 bits per heavy atom. The van der Waals surface area contributed by atoms with Gasteiger partial charge < -0.3 is 14.5 Å². The molecule has 29 heavy (non-hydrogen) atoms. The fourth-order valence-electron chi connectivity index (χ4n) is 2.48. The summed E-state index contributed by atoms with van der Waals surface area (Å²) >= 11 is 1.27. The van der Waals surface area contributed by atoms with E-state index in [2.05, 4.69) is 0 Å². The maximum atomic E-state index is 12.5. The minimum Gasteiger partial charge on any atom is -0.452 e. The van der Waals surface area contributed by atoms with Crippen molar-refractivity contribution < 1.29 is 19.1 Å². The number of thioether (sulfide) groups is 1. The number of ether oxygens (including phenoxy) is 1. The molecule has 7 heteroatoms. The van der Waals surface area contributed by atoms with Crippen LogP contribution in [0.5, 0.6) is 0 Å². The highest BCUT2D eigenvalue weighted by Gasteiger charge is 2.17. The smallest absolute Gasteiger partial charge is 0.339 e. The first-order valence-corrected chi connectivity index (χ1v) is 10.2. The van der Waals surface area contributed by atoms with Gasteiger partial charge in [0.05, 0.1) is 11.3 Å². The van der Waals surface area contributed by atoms with E-state index in [4.69, 9.17) is 4.74 Å². The molecule has 0 spiro atoms. The van der Waals surface area contributed by atoms with Crippen LogP contribution >= 0.6 is 11.8 Å². The van der Waals surface area contributed by atoms with E-state index in [-0.39, 0.29) is 24.2 Å². The molecule has 0 N–H and O–H groups in total. The van der Waals surface area contributed by atoms with Gasteiger partial charge in [0.15, 0.2) is 6.61 Å². The molecule has 0 heterocycles. The Morgan fingerprint density at radius 2 is 1.59 bits per heavy atom. The van der Waals surface area contributed by atoms with E-state index in [1.807, 2.05) is 31.2 Å². The molecule has 6 nitrogen and oxygen atoms in total. The molecular weight excluding hydrogens is 388 g/mol. The summed E-state index contributed by atoms with van der Waals surface area (Å²) in [6.45, 7) is 2.10. The van der Waals surface area contributed by atoms with Crippen molar-refractivity contribution in [2.45, 2.75) is 18.4 Å². The van der Waals surface area contributed by atoms with Crippen LogP contribution in [0.2, 0.25) is 0 Å². The third kappa shape index (κ3) is 6.64. The number of carbonyl (C=O) groups is 3. The highest BCUT2D eigenvalue weighted by Crippen LogP contribution is 2.23. The van der Waals surface area contributed by atoms with Crippen LogP contribution in [0.15, 0.2) is 53.4 Å². The van der Waals surface area contributed by atoms with Crippen LogP contribution in [0, 0.1) is 6.92 Å². The van der Waals surface area contributed by atoms with Gasteiger partial charge in [-0.3, -0.25) is 9.59 Å². The molecule has 0 bridgehead atoms. The first-order valence-electron chi connectivity index (χ1n) is 9.17. The van der Waals surface area contributed by atoms with Crippen LogP contribution in [0.4, 0.5) is 0 Å². The Hall–Kier alpha value is -2.80. The highest BCUT2D eigenvalue weighted by molar-refractivity contribution is 8.00. The van der Waals surface area contributed by atoms with Crippen molar-refractivity contribution in [3.05, 3.63) is 65.2 Å². The molecule has 0 unspecified atom stereocenters. The zero-order valence-corrected chi connectivity index (χ0v) is 18.0. The molecule has 0 saturated carbocycles. The number of amides is 2. The summed E-state index contributed by atoms with van der Waals surface area (Å²) < 4.78 is 5.24. The summed E-state index contributed by atoms with van der Waals surface area (Å²) in [5, 5.41) is 0. The number of esters is 1. The number of carbonyl (C=O) groups excluding carboxylic acids is 3. The van der Waals surface area contributed by atoms with Gasteiger partial charge >= 0.3 is 5.97 Å². The lowest BCUT2D eigenvalue weighted by atomic mass is 10.1. The van der Waals surface area contributed by atoms with Crippen LogP contribution in [0.3, 0.4) is 0 Å². The Bertz CT molecular complexity index is 883. The monoisotopic (exact) mass is 414 g/mol. The summed E-state index contributed by atoms with van der Waals surface area (Å²) in [7, 11) is 5.05. The van der Waals surface area contributed by atoms with Gasteiger partial charge in [-0.15, -0.1) is 11.8 Å². The van der Waals surface area contributed by atoms with Crippen molar-refractivity contribution in [1.82, 2.24) is 9.80 Å². The molecule has 154 valence electrons. The molecular formula is C22H26N2O4S. The predicted octanol–water partition coefficient (Wildman–Crippen LogP) is 2.99. The first kappa shape index (κ1) is 22.5. The maximum absolute atomic E-state index is 12.5. The largest absolute Gasteiger partial charge is 0.452 e. The van der Waals surface area contributed by atoms with E-state index in [9.17, 15) is 14.4 Å². The fourth-order valence-corrected chi connectivity index (χ4v) is 3.49. The van der Waals surface area contributed by atoms with Gasteiger partial charge in [-0.05, 0) is 30.2 Å². The SMILES string of the molecule is Cc1ccccc1CN(C)C(=O)COC(=O)c1ccccc1SCC(=O)N(C)C. The minimum atomic E-state index is -0.581. The van der Waals surface area contributed by atoms with E-state index in [0.29, 0.717) is 17.0 Å². The Labute approximate surface area is 175 Å². The minimum absolute atomic E-state index is 0.0498. The average molecular weight is 415 g/mol. The molecule has 0 saturated heterocycles. The quantitative estimate of drug-likeness (QED) is 0.491. The van der Waals surface area contributed by atoms with Gasteiger partial charge in [-0.25, -0.2) is 4.79 Å². The molecule has 0 radical (unpaired) electrons. The van der Waals surface area contributed by atoms with E-state index < -0.39 is 5.97 Å². The van der Waals surface area contributed by atoms with Gasteiger partial charge in [0.1, 0.15) is 0 Å². The van der Waals surface area contributed by atoms with Gasteiger partial charge in [0, 0.05) is 32.6 Å². The number of rotatable bonds is 8. The van der Waals surface area contributed by atoms with Gasteiger partial charge in [0.2, 0.25) is 5.91 Å². The van der Waals surface area contributed by atoms with Crippen molar-refractivity contribution >= 4 is 29.5 Å². The lowest BCUT2D eigenvalue weighted by molar-refractivity contribution is -0.133. The molecule has 0 atom stereocenters. The number of benzene rings is 2. The fraction of sp³-hybridized carbons (Fsp3) is 0.318. The van der Waals surface area contributed by atoms with Crippen molar-refractivity contribution in [3.63, 3.8) is 0 Å². The Kier molecular flexibility index (Phi) is 8.27. The molecule has 0 aliphatic carbocycles. The summed E-state index contributed by atoms with van der Waals surface area (Å²) in [5.41, 5.74) is 2.49. The van der Waals surface area contributed by atoms with Crippen molar-refractivity contribution in [2.75, 3.05) is 33.5 Å². The number of hydrogen-bond donors (Lipinski definition) is 0. The normalized spacial score (nSPS) is 10.3. The van der Waals surface area contributed by atoms with Crippen molar-refractivity contribution in [2.24, 2.45) is 0 Å². The molecule has 2 rings (SSSR count). The number of likely N-dealkylation sites (N-methyl/N-ethyl adjacent to an activating group) is 1. The molecule has 2 aromatic carbocycles. The zero-order chi connectivity index (χ0) is 21.4. The van der Waals surface area contributed by atoms with Crippen LogP contribution in [0.25, 0.3) is 0 Å². The lowest BCUT2D eigenvalue weighted by Gasteiger charge is -2.18. The summed E-state index contributed by atoms with van der Waals surface area (Å²) in [6.07, 6.45) is 0. The second-order valence-electron chi connectivity index (χ2n) is 6.83. The lowest BCUT2D eigenvalue weighted by Crippen LogP contribution is -2.31. The molecule has 0 aromatic heterocycles.